The smallest absolute Gasteiger partial charge is 0.339 e. The Balaban J connectivity index is 1.62. The molecule has 2 aromatic rings. The molecule has 1 atom stereocenters. The number of methoxy groups -OCH3 is 2. The topological polar surface area (TPSA) is 87.2 Å². The van der Waals surface area contributed by atoms with Crippen LogP contribution in [0.1, 0.15) is 20.7 Å². The van der Waals surface area contributed by atoms with Gasteiger partial charge in [0.1, 0.15) is 24.2 Å². The molecule has 1 saturated heterocycles. The average molecular weight is 465 g/mol. The first-order valence-electron chi connectivity index (χ1n) is 8.92. The van der Waals surface area contributed by atoms with E-state index in [0.29, 0.717) is 46.8 Å². The highest BCUT2D eigenvalue weighted by Crippen LogP contribution is 2.24. The van der Waals surface area contributed by atoms with E-state index in [-0.39, 0.29) is 18.6 Å². The van der Waals surface area contributed by atoms with Crippen LogP contribution in [0, 0.1) is 0 Å². The number of morpholine rings is 1. The molecule has 1 fully saturated rings. The second kappa shape index (κ2) is 9.71. The van der Waals surface area contributed by atoms with Gasteiger partial charge in [-0.1, -0.05) is 0 Å². The predicted octanol–water partition coefficient (Wildman–Crippen LogP) is 2.56. The number of hydrogen-bond donors (Lipinski definition) is 0. The van der Waals surface area contributed by atoms with Gasteiger partial charge in [-0.05, 0) is 40.2 Å². The van der Waals surface area contributed by atoms with E-state index in [2.05, 4.69) is 25.7 Å². The Morgan fingerprint density at radius 2 is 2.07 bits per heavy atom. The monoisotopic (exact) mass is 464 g/mol. The number of pyridine rings is 1. The van der Waals surface area contributed by atoms with E-state index in [4.69, 9.17) is 14.2 Å². The molecule has 0 saturated carbocycles. The maximum atomic E-state index is 12.9. The van der Waals surface area contributed by atoms with Crippen LogP contribution in [0.5, 0.6) is 11.5 Å². The highest BCUT2D eigenvalue weighted by Gasteiger charge is 2.27. The molecule has 9 heteroatoms. The standard InChI is InChI=1S/C20H21BrN2O6/c1-26-14-3-4-18(21)17(8-14)19(24)23-5-6-28-16(11-23)12-29-15-7-13(9-22-10-15)20(25)27-2/h3-4,7-10,16H,5-6,11-12H2,1-2H3. The van der Waals surface area contributed by atoms with Gasteiger partial charge in [0.25, 0.3) is 5.91 Å². The highest BCUT2D eigenvalue weighted by molar-refractivity contribution is 9.10. The molecule has 1 aliphatic heterocycles. The number of carbonyl (C=O) groups is 2. The van der Waals surface area contributed by atoms with E-state index in [1.165, 1.54) is 19.5 Å². The molecular formula is C20H21BrN2O6. The van der Waals surface area contributed by atoms with Gasteiger partial charge in [-0.2, -0.15) is 0 Å². The van der Waals surface area contributed by atoms with E-state index >= 15 is 0 Å². The summed E-state index contributed by atoms with van der Waals surface area (Å²) in [6.45, 7) is 1.49. The van der Waals surface area contributed by atoms with Crippen molar-refractivity contribution in [2.75, 3.05) is 40.5 Å². The number of halogens is 1. The van der Waals surface area contributed by atoms with Gasteiger partial charge >= 0.3 is 5.97 Å². The third-order valence-corrected chi connectivity index (χ3v) is 5.09. The Morgan fingerprint density at radius 3 is 2.83 bits per heavy atom. The lowest BCUT2D eigenvalue weighted by Gasteiger charge is -2.33. The van der Waals surface area contributed by atoms with Gasteiger partial charge in [-0.15, -0.1) is 0 Å². The first-order chi connectivity index (χ1) is 14.0. The fourth-order valence-corrected chi connectivity index (χ4v) is 3.30. The minimum Gasteiger partial charge on any atom is -0.497 e. The van der Waals surface area contributed by atoms with Gasteiger partial charge in [-0.3, -0.25) is 9.78 Å². The van der Waals surface area contributed by atoms with Crippen LogP contribution < -0.4 is 9.47 Å². The molecule has 29 heavy (non-hydrogen) atoms. The number of aromatic nitrogens is 1. The molecule has 0 N–H and O–H groups in total. The van der Waals surface area contributed by atoms with Crippen LogP contribution in [0.2, 0.25) is 0 Å². The quantitative estimate of drug-likeness (QED) is 0.606. The van der Waals surface area contributed by atoms with Gasteiger partial charge in [0.2, 0.25) is 0 Å². The van der Waals surface area contributed by atoms with Crippen molar-refractivity contribution in [1.82, 2.24) is 9.88 Å². The van der Waals surface area contributed by atoms with E-state index < -0.39 is 5.97 Å². The summed E-state index contributed by atoms with van der Waals surface area (Å²) in [4.78, 5) is 30.2. The van der Waals surface area contributed by atoms with Crippen LogP contribution in [0.15, 0.2) is 41.1 Å². The number of amides is 1. The molecule has 1 aliphatic rings. The Kier molecular flexibility index (Phi) is 7.05. The summed E-state index contributed by atoms with van der Waals surface area (Å²) in [6, 6.07) is 6.83. The molecule has 1 aromatic carbocycles. The zero-order valence-corrected chi connectivity index (χ0v) is 17.7. The lowest BCUT2D eigenvalue weighted by atomic mass is 10.1. The van der Waals surface area contributed by atoms with E-state index in [1.807, 2.05) is 0 Å². The highest BCUT2D eigenvalue weighted by atomic mass is 79.9. The summed E-state index contributed by atoms with van der Waals surface area (Å²) in [7, 11) is 2.86. The van der Waals surface area contributed by atoms with Crippen molar-refractivity contribution in [3.63, 3.8) is 0 Å². The summed E-state index contributed by atoms with van der Waals surface area (Å²) in [6.07, 6.45) is 2.60. The molecule has 1 unspecified atom stereocenters. The predicted molar refractivity (Wildman–Crippen MR) is 107 cm³/mol. The minimum atomic E-state index is -0.488. The maximum absolute atomic E-state index is 12.9. The molecule has 0 spiro atoms. The van der Waals surface area contributed by atoms with Crippen molar-refractivity contribution in [2.24, 2.45) is 0 Å². The Morgan fingerprint density at radius 1 is 1.24 bits per heavy atom. The van der Waals surface area contributed by atoms with Crippen LogP contribution in [0.3, 0.4) is 0 Å². The molecule has 2 heterocycles. The van der Waals surface area contributed by atoms with Crippen molar-refractivity contribution in [3.05, 3.63) is 52.3 Å². The van der Waals surface area contributed by atoms with Crippen molar-refractivity contribution in [3.8, 4) is 11.5 Å². The van der Waals surface area contributed by atoms with Gasteiger partial charge in [0.15, 0.2) is 0 Å². The first-order valence-corrected chi connectivity index (χ1v) is 9.71. The molecule has 0 radical (unpaired) electrons. The fraction of sp³-hybridized carbons (Fsp3) is 0.350. The molecule has 1 amide bonds. The molecule has 8 nitrogen and oxygen atoms in total. The first kappa shape index (κ1) is 21.1. The summed E-state index contributed by atoms with van der Waals surface area (Å²) in [5, 5.41) is 0. The molecule has 1 aromatic heterocycles. The Labute approximate surface area is 176 Å². The zero-order chi connectivity index (χ0) is 20.8. The normalized spacial score (nSPS) is 16.2. The van der Waals surface area contributed by atoms with Crippen molar-refractivity contribution >= 4 is 27.8 Å². The number of ether oxygens (including phenoxy) is 4. The average Bonchev–Trinajstić information content (AvgIpc) is 2.77. The number of hydrogen-bond acceptors (Lipinski definition) is 7. The van der Waals surface area contributed by atoms with Crippen LogP contribution in [0.25, 0.3) is 0 Å². The van der Waals surface area contributed by atoms with Crippen molar-refractivity contribution in [2.45, 2.75) is 6.10 Å². The van der Waals surface area contributed by atoms with Crippen LogP contribution in [0.4, 0.5) is 0 Å². The van der Waals surface area contributed by atoms with Gasteiger partial charge in [-0.25, -0.2) is 4.79 Å². The van der Waals surface area contributed by atoms with E-state index in [9.17, 15) is 9.59 Å². The summed E-state index contributed by atoms with van der Waals surface area (Å²) in [5.74, 6) is 0.439. The minimum absolute atomic E-state index is 0.113. The van der Waals surface area contributed by atoms with E-state index in [1.54, 1.807) is 36.3 Å². The number of rotatable bonds is 6. The fourth-order valence-electron chi connectivity index (χ4n) is 2.89. The summed E-state index contributed by atoms with van der Waals surface area (Å²) < 4.78 is 22.0. The molecule has 0 aliphatic carbocycles. The van der Waals surface area contributed by atoms with Gasteiger partial charge < -0.3 is 23.8 Å². The lowest BCUT2D eigenvalue weighted by Crippen LogP contribution is -2.47. The Hall–Kier alpha value is -2.65. The van der Waals surface area contributed by atoms with Gasteiger partial charge in [0.05, 0.1) is 44.7 Å². The van der Waals surface area contributed by atoms with Crippen molar-refractivity contribution in [1.29, 1.82) is 0 Å². The van der Waals surface area contributed by atoms with E-state index in [0.717, 1.165) is 0 Å². The summed E-state index contributed by atoms with van der Waals surface area (Å²) in [5.41, 5.74) is 0.829. The lowest BCUT2D eigenvalue weighted by molar-refractivity contribution is -0.0402. The number of nitrogens with zero attached hydrogens (tertiary/aromatic N) is 2. The third-order valence-electron chi connectivity index (χ3n) is 4.40. The third kappa shape index (κ3) is 5.24. The molecule has 154 valence electrons. The maximum Gasteiger partial charge on any atom is 0.339 e. The molecule has 3 rings (SSSR count). The number of benzene rings is 1. The SMILES string of the molecule is COC(=O)c1cncc(OCC2CN(C(=O)c3cc(OC)ccc3Br)CCO2)c1. The zero-order valence-electron chi connectivity index (χ0n) is 16.1. The number of carbonyl (C=O) groups excluding carboxylic acids is 2. The van der Waals surface area contributed by atoms with Gasteiger partial charge in [0, 0.05) is 17.2 Å². The van der Waals surface area contributed by atoms with Crippen LogP contribution >= 0.6 is 15.9 Å². The second-order valence-corrected chi connectivity index (χ2v) is 7.16. The van der Waals surface area contributed by atoms with Crippen LogP contribution in [-0.4, -0.2) is 68.4 Å². The summed E-state index contributed by atoms with van der Waals surface area (Å²) >= 11 is 3.42. The Bertz CT molecular complexity index is 891. The second-order valence-electron chi connectivity index (χ2n) is 6.30. The van der Waals surface area contributed by atoms with Crippen molar-refractivity contribution < 1.29 is 28.5 Å². The van der Waals surface area contributed by atoms with Crippen LogP contribution in [-0.2, 0) is 9.47 Å². The molecular weight excluding hydrogens is 444 g/mol. The number of esters is 1. The molecule has 0 bridgehead atoms. The largest absolute Gasteiger partial charge is 0.497 e.